The number of carbonyl (C=O) groups is 2. The van der Waals surface area contributed by atoms with Crippen LogP contribution in [0.2, 0.25) is 0 Å². The Morgan fingerprint density at radius 1 is 1.35 bits per heavy atom. The van der Waals surface area contributed by atoms with E-state index in [1.807, 2.05) is 6.92 Å². The van der Waals surface area contributed by atoms with Gasteiger partial charge in [0, 0.05) is 13.0 Å². The van der Waals surface area contributed by atoms with Crippen molar-refractivity contribution in [2.45, 2.75) is 32.7 Å². The highest BCUT2D eigenvalue weighted by Gasteiger charge is 2.28. The molecule has 0 radical (unpaired) electrons. The molecule has 2 N–H and O–H groups in total. The maximum Gasteiger partial charge on any atom is 0.258 e. The van der Waals surface area contributed by atoms with Crippen molar-refractivity contribution >= 4 is 17.5 Å². The van der Waals surface area contributed by atoms with Crippen LogP contribution in [0.25, 0.3) is 0 Å². The topological polar surface area (TPSA) is 67.4 Å². The van der Waals surface area contributed by atoms with Crippen LogP contribution in [-0.2, 0) is 9.59 Å². The van der Waals surface area contributed by atoms with Crippen molar-refractivity contribution in [3.8, 4) is 5.75 Å². The number of benzene rings is 1. The number of hydrogen-bond acceptors (Lipinski definition) is 3. The first-order valence-electron chi connectivity index (χ1n) is 6.85. The number of nitrogens with one attached hydrogen (secondary N) is 2. The summed E-state index contributed by atoms with van der Waals surface area (Å²) in [4.78, 5) is 22.9. The molecule has 0 aromatic heterocycles. The van der Waals surface area contributed by atoms with Crippen molar-refractivity contribution in [1.29, 1.82) is 0 Å². The van der Waals surface area contributed by atoms with Gasteiger partial charge in [0.2, 0.25) is 5.91 Å². The molecule has 0 unspecified atom stereocenters. The molecule has 0 aliphatic heterocycles. The van der Waals surface area contributed by atoms with E-state index >= 15 is 0 Å². The molecule has 1 aromatic rings. The Hall–Kier alpha value is -2.04. The van der Waals surface area contributed by atoms with Crippen molar-refractivity contribution in [2.75, 3.05) is 11.9 Å². The van der Waals surface area contributed by atoms with Crippen molar-refractivity contribution in [3.63, 3.8) is 0 Å². The van der Waals surface area contributed by atoms with Crippen molar-refractivity contribution in [2.24, 2.45) is 5.92 Å². The summed E-state index contributed by atoms with van der Waals surface area (Å²) in [7, 11) is 0. The minimum Gasteiger partial charge on any atom is -0.482 e. The molecule has 0 spiro atoms. The zero-order valence-electron chi connectivity index (χ0n) is 11.8. The third-order valence-corrected chi connectivity index (χ3v) is 3.27. The largest absolute Gasteiger partial charge is 0.482 e. The zero-order valence-corrected chi connectivity index (χ0v) is 11.8. The van der Waals surface area contributed by atoms with Gasteiger partial charge in [-0.05, 0) is 37.8 Å². The second-order valence-electron chi connectivity index (χ2n) is 5.16. The van der Waals surface area contributed by atoms with E-state index in [2.05, 4.69) is 10.6 Å². The lowest BCUT2D eigenvalue weighted by Crippen LogP contribution is -2.37. The van der Waals surface area contributed by atoms with Gasteiger partial charge in [-0.15, -0.1) is 0 Å². The van der Waals surface area contributed by atoms with Crippen molar-refractivity contribution in [3.05, 3.63) is 24.3 Å². The van der Waals surface area contributed by atoms with Gasteiger partial charge in [0.05, 0.1) is 5.69 Å². The lowest BCUT2D eigenvalue weighted by molar-refractivity contribution is -0.123. The normalized spacial score (nSPS) is 15.3. The van der Waals surface area contributed by atoms with Crippen LogP contribution >= 0.6 is 0 Å². The van der Waals surface area contributed by atoms with Crippen LogP contribution in [0.15, 0.2) is 24.3 Å². The number of amides is 2. The molecule has 2 rings (SSSR count). The van der Waals surface area contributed by atoms with Crippen LogP contribution < -0.4 is 15.4 Å². The second-order valence-corrected chi connectivity index (χ2v) is 5.16. The van der Waals surface area contributed by atoms with E-state index in [9.17, 15) is 9.59 Å². The van der Waals surface area contributed by atoms with Crippen LogP contribution in [0.5, 0.6) is 5.75 Å². The number of rotatable bonds is 6. The van der Waals surface area contributed by atoms with Gasteiger partial charge in [-0.1, -0.05) is 12.1 Å². The maximum atomic E-state index is 11.8. The Bertz CT molecular complexity index is 498. The van der Waals surface area contributed by atoms with Crippen LogP contribution in [0.1, 0.15) is 26.7 Å². The summed E-state index contributed by atoms with van der Waals surface area (Å²) in [5.74, 6) is 0.803. The lowest BCUT2D eigenvalue weighted by Gasteiger charge is -2.14. The van der Waals surface area contributed by atoms with E-state index in [-0.39, 0.29) is 24.5 Å². The van der Waals surface area contributed by atoms with E-state index < -0.39 is 0 Å². The lowest BCUT2D eigenvalue weighted by atomic mass is 10.2. The summed E-state index contributed by atoms with van der Waals surface area (Å²) in [5, 5.41) is 5.59. The number of hydrogen-bond donors (Lipinski definition) is 2. The Morgan fingerprint density at radius 3 is 2.70 bits per heavy atom. The third kappa shape index (κ3) is 4.26. The molecule has 1 aliphatic rings. The number of carbonyl (C=O) groups excluding carboxylic acids is 2. The molecule has 20 heavy (non-hydrogen) atoms. The summed E-state index contributed by atoms with van der Waals surface area (Å²) in [6.45, 7) is 3.40. The summed E-state index contributed by atoms with van der Waals surface area (Å²) < 4.78 is 5.47. The van der Waals surface area contributed by atoms with Gasteiger partial charge in [0.15, 0.2) is 6.61 Å². The zero-order chi connectivity index (χ0) is 14.5. The monoisotopic (exact) mass is 276 g/mol. The number of ether oxygens (including phenoxy) is 1. The highest BCUT2D eigenvalue weighted by atomic mass is 16.5. The van der Waals surface area contributed by atoms with E-state index in [0.29, 0.717) is 17.4 Å². The predicted molar refractivity (Wildman–Crippen MR) is 76.6 cm³/mol. The van der Waals surface area contributed by atoms with Crippen LogP contribution in [0.4, 0.5) is 5.69 Å². The standard InChI is InChI=1S/C15H20N2O3/c1-10(12-7-8-12)16-15(19)9-20-14-6-4-3-5-13(14)17-11(2)18/h3-6,10,12H,7-9H2,1-2H3,(H,16,19)(H,17,18)/t10-/m1/s1. The molecule has 1 aliphatic carbocycles. The summed E-state index contributed by atoms with van der Waals surface area (Å²) in [6.07, 6.45) is 2.38. The molecule has 2 amide bonds. The van der Waals surface area contributed by atoms with Gasteiger partial charge >= 0.3 is 0 Å². The molecule has 0 heterocycles. The minimum absolute atomic E-state index is 0.0480. The van der Waals surface area contributed by atoms with E-state index in [1.165, 1.54) is 19.8 Å². The molecule has 1 fully saturated rings. The molecule has 5 heteroatoms. The SMILES string of the molecule is CC(=O)Nc1ccccc1OCC(=O)N[C@H](C)C1CC1. The second kappa shape index (κ2) is 6.41. The van der Waals surface area contributed by atoms with Crippen molar-refractivity contribution in [1.82, 2.24) is 5.32 Å². The van der Waals surface area contributed by atoms with Gasteiger partial charge in [0.25, 0.3) is 5.91 Å². The van der Waals surface area contributed by atoms with Gasteiger partial charge in [-0.25, -0.2) is 0 Å². The first-order chi connectivity index (χ1) is 9.56. The van der Waals surface area contributed by atoms with E-state index in [0.717, 1.165) is 0 Å². The molecule has 1 aromatic carbocycles. The fraction of sp³-hybridized carbons (Fsp3) is 0.467. The fourth-order valence-corrected chi connectivity index (χ4v) is 2.04. The molecule has 1 saturated carbocycles. The third-order valence-electron chi connectivity index (χ3n) is 3.27. The summed E-state index contributed by atoms with van der Waals surface area (Å²) in [5.41, 5.74) is 0.572. The van der Waals surface area contributed by atoms with Crippen LogP contribution in [-0.4, -0.2) is 24.5 Å². The Labute approximate surface area is 118 Å². The van der Waals surface area contributed by atoms with Crippen LogP contribution in [0, 0.1) is 5.92 Å². The Kier molecular flexibility index (Phi) is 4.61. The molecule has 0 saturated heterocycles. The first-order valence-corrected chi connectivity index (χ1v) is 6.85. The molecule has 5 nitrogen and oxygen atoms in total. The molecular formula is C15H20N2O3. The summed E-state index contributed by atoms with van der Waals surface area (Å²) >= 11 is 0. The molecule has 0 bridgehead atoms. The summed E-state index contributed by atoms with van der Waals surface area (Å²) in [6, 6.07) is 7.26. The average Bonchev–Trinajstić information content (AvgIpc) is 3.21. The van der Waals surface area contributed by atoms with Crippen molar-refractivity contribution < 1.29 is 14.3 Å². The minimum atomic E-state index is -0.173. The van der Waals surface area contributed by atoms with Gasteiger partial charge < -0.3 is 15.4 Å². The Balaban J connectivity index is 1.86. The smallest absolute Gasteiger partial charge is 0.258 e. The molecular weight excluding hydrogens is 256 g/mol. The molecule has 1 atom stereocenters. The molecule has 108 valence electrons. The highest BCUT2D eigenvalue weighted by molar-refractivity contribution is 5.90. The van der Waals surface area contributed by atoms with Crippen LogP contribution in [0.3, 0.4) is 0 Å². The fourth-order valence-electron chi connectivity index (χ4n) is 2.04. The number of anilines is 1. The first kappa shape index (κ1) is 14.4. The van der Waals surface area contributed by atoms with Gasteiger partial charge in [0.1, 0.15) is 5.75 Å². The highest BCUT2D eigenvalue weighted by Crippen LogP contribution is 2.32. The maximum absolute atomic E-state index is 11.8. The average molecular weight is 276 g/mol. The number of para-hydroxylation sites is 2. The predicted octanol–water partition coefficient (Wildman–Crippen LogP) is 1.94. The quantitative estimate of drug-likeness (QED) is 0.834. The van der Waals surface area contributed by atoms with Gasteiger partial charge in [-0.3, -0.25) is 9.59 Å². The van der Waals surface area contributed by atoms with E-state index in [4.69, 9.17) is 4.74 Å². The van der Waals surface area contributed by atoms with E-state index in [1.54, 1.807) is 24.3 Å². The Morgan fingerprint density at radius 2 is 2.05 bits per heavy atom. The van der Waals surface area contributed by atoms with Gasteiger partial charge in [-0.2, -0.15) is 0 Å².